The van der Waals surface area contributed by atoms with Gasteiger partial charge in [0, 0.05) is 17.5 Å². The average molecular weight is 387 g/mol. The number of nitrogens with one attached hydrogen (secondary N) is 1. The third-order valence-electron chi connectivity index (χ3n) is 4.73. The minimum absolute atomic E-state index is 0.00129. The molecule has 2 heterocycles. The van der Waals surface area contributed by atoms with Crippen LogP contribution >= 0.6 is 11.3 Å². The van der Waals surface area contributed by atoms with Crippen LogP contribution in [0.3, 0.4) is 0 Å². The van der Waals surface area contributed by atoms with Gasteiger partial charge in [0.25, 0.3) is 0 Å². The molecule has 0 saturated heterocycles. The SMILES string of the molecule is Cc1nn(C)c(NC2CCCc3sc(-c4ccc(F)cc4)nc32)c1[N+](=O)[O-]. The molecule has 1 aromatic carbocycles. The highest BCUT2D eigenvalue weighted by Gasteiger charge is 2.30. The first-order valence-corrected chi connectivity index (χ1v) is 9.45. The Kier molecular flexibility index (Phi) is 4.39. The molecule has 4 rings (SSSR count). The molecule has 140 valence electrons. The smallest absolute Gasteiger partial charge is 0.333 e. The molecule has 1 atom stereocenters. The predicted molar refractivity (Wildman–Crippen MR) is 101 cm³/mol. The van der Waals surface area contributed by atoms with Crippen molar-refractivity contribution in [3.05, 3.63) is 56.5 Å². The van der Waals surface area contributed by atoms with E-state index in [4.69, 9.17) is 4.98 Å². The molecule has 3 aromatic rings. The van der Waals surface area contributed by atoms with Gasteiger partial charge in [-0.25, -0.2) is 14.1 Å². The number of anilines is 1. The Balaban J connectivity index is 1.68. The van der Waals surface area contributed by atoms with E-state index in [1.54, 1.807) is 37.4 Å². The van der Waals surface area contributed by atoms with Gasteiger partial charge in [0.1, 0.15) is 16.5 Å². The summed E-state index contributed by atoms with van der Waals surface area (Å²) in [7, 11) is 1.69. The minimum atomic E-state index is -0.403. The largest absolute Gasteiger partial charge is 0.356 e. The third-order valence-corrected chi connectivity index (χ3v) is 5.91. The number of nitrogens with zero attached hydrogens (tertiary/aromatic N) is 4. The summed E-state index contributed by atoms with van der Waals surface area (Å²) in [5.74, 6) is 0.116. The van der Waals surface area contributed by atoms with Gasteiger partial charge in [-0.2, -0.15) is 5.10 Å². The van der Waals surface area contributed by atoms with Crippen LogP contribution in [0.2, 0.25) is 0 Å². The molecule has 0 fully saturated rings. The topological polar surface area (TPSA) is 85.9 Å². The highest BCUT2D eigenvalue weighted by atomic mass is 32.1. The van der Waals surface area contributed by atoms with Crippen molar-refractivity contribution in [2.24, 2.45) is 7.05 Å². The van der Waals surface area contributed by atoms with Crippen LogP contribution in [-0.2, 0) is 13.5 Å². The number of fused-ring (bicyclic) bond motifs is 1. The van der Waals surface area contributed by atoms with E-state index in [0.29, 0.717) is 11.5 Å². The van der Waals surface area contributed by atoms with Gasteiger partial charge in [0.15, 0.2) is 0 Å². The van der Waals surface area contributed by atoms with Crippen LogP contribution in [0.1, 0.15) is 35.1 Å². The van der Waals surface area contributed by atoms with Crippen molar-refractivity contribution in [2.45, 2.75) is 32.2 Å². The van der Waals surface area contributed by atoms with Crippen molar-refractivity contribution < 1.29 is 9.31 Å². The fourth-order valence-electron chi connectivity index (χ4n) is 3.47. The maximum atomic E-state index is 13.2. The molecule has 0 bridgehead atoms. The third kappa shape index (κ3) is 3.18. The first-order chi connectivity index (χ1) is 12.9. The summed E-state index contributed by atoms with van der Waals surface area (Å²) < 4.78 is 14.7. The molecular weight excluding hydrogens is 369 g/mol. The number of aromatic nitrogens is 3. The quantitative estimate of drug-likeness (QED) is 0.530. The molecule has 1 N–H and O–H groups in total. The van der Waals surface area contributed by atoms with Gasteiger partial charge < -0.3 is 5.32 Å². The maximum absolute atomic E-state index is 13.2. The lowest BCUT2D eigenvalue weighted by Gasteiger charge is -2.22. The van der Waals surface area contributed by atoms with Crippen LogP contribution in [0.15, 0.2) is 24.3 Å². The summed E-state index contributed by atoms with van der Waals surface area (Å²) in [5, 5.41) is 19.7. The van der Waals surface area contributed by atoms with E-state index in [1.807, 2.05) is 0 Å². The second-order valence-electron chi connectivity index (χ2n) is 6.59. The lowest BCUT2D eigenvalue weighted by atomic mass is 9.97. The fraction of sp³-hybridized carbons (Fsp3) is 0.333. The molecule has 27 heavy (non-hydrogen) atoms. The Morgan fingerprint density at radius 3 is 2.81 bits per heavy atom. The lowest BCUT2D eigenvalue weighted by Crippen LogP contribution is -2.19. The molecule has 9 heteroatoms. The molecule has 0 amide bonds. The lowest BCUT2D eigenvalue weighted by molar-refractivity contribution is -0.384. The van der Waals surface area contributed by atoms with Crippen LogP contribution in [0.5, 0.6) is 0 Å². The van der Waals surface area contributed by atoms with Gasteiger partial charge in [-0.1, -0.05) is 0 Å². The molecule has 0 aliphatic heterocycles. The van der Waals surface area contributed by atoms with Crippen LogP contribution < -0.4 is 5.32 Å². The van der Waals surface area contributed by atoms with E-state index in [-0.39, 0.29) is 17.5 Å². The van der Waals surface area contributed by atoms with E-state index < -0.39 is 4.92 Å². The number of rotatable bonds is 4. The Morgan fingerprint density at radius 1 is 1.37 bits per heavy atom. The van der Waals surface area contributed by atoms with Crippen molar-refractivity contribution in [2.75, 3.05) is 5.32 Å². The first kappa shape index (κ1) is 17.6. The Hall–Kier alpha value is -2.81. The van der Waals surface area contributed by atoms with Crippen molar-refractivity contribution in [1.82, 2.24) is 14.8 Å². The second-order valence-corrected chi connectivity index (χ2v) is 7.67. The summed E-state index contributed by atoms with van der Waals surface area (Å²) in [4.78, 5) is 17.0. The Labute approximate surface area is 159 Å². The number of hydrogen-bond acceptors (Lipinski definition) is 6. The summed E-state index contributed by atoms with van der Waals surface area (Å²) in [5.41, 5.74) is 2.17. The highest BCUT2D eigenvalue weighted by Crippen LogP contribution is 2.40. The van der Waals surface area contributed by atoms with Crippen molar-refractivity contribution in [3.63, 3.8) is 0 Å². The summed E-state index contributed by atoms with van der Waals surface area (Å²) >= 11 is 1.60. The minimum Gasteiger partial charge on any atom is -0.356 e. The summed E-state index contributed by atoms with van der Waals surface area (Å²) in [6.45, 7) is 1.63. The fourth-order valence-corrected chi connectivity index (χ4v) is 4.64. The van der Waals surface area contributed by atoms with Crippen molar-refractivity contribution in [3.8, 4) is 10.6 Å². The van der Waals surface area contributed by atoms with Gasteiger partial charge in [-0.05, 0) is 50.5 Å². The number of thiazole rings is 1. The van der Waals surface area contributed by atoms with E-state index in [0.717, 1.165) is 35.5 Å². The zero-order valence-electron chi connectivity index (χ0n) is 14.9. The summed E-state index contributed by atoms with van der Waals surface area (Å²) in [6.07, 6.45) is 2.74. The van der Waals surface area contributed by atoms with E-state index in [9.17, 15) is 14.5 Å². The van der Waals surface area contributed by atoms with Gasteiger partial charge in [-0.15, -0.1) is 11.3 Å². The standard InChI is InChI=1S/C18H18FN5O2S/c1-10-16(24(25)26)17(23(2)22-10)20-13-4-3-5-14-15(13)21-18(27-14)11-6-8-12(19)9-7-11/h6-9,13,20H,3-5H2,1-2H3. The number of aryl methyl sites for hydroxylation is 3. The number of benzene rings is 1. The number of halogens is 1. The molecule has 1 unspecified atom stereocenters. The van der Waals surface area contributed by atoms with E-state index >= 15 is 0 Å². The maximum Gasteiger partial charge on any atom is 0.333 e. The second kappa shape index (κ2) is 6.73. The molecule has 0 radical (unpaired) electrons. The summed E-state index contributed by atoms with van der Waals surface area (Å²) in [6, 6.07) is 6.17. The molecule has 0 spiro atoms. The van der Waals surface area contributed by atoms with Gasteiger partial charge in [-0.3, -0.25) is 10.1 Å². The first-order valence-electron chi connectivity index (χ1n) is 8.64. The zero-order valence-corrected chi connectivity index (χ0v) is 15.7. The zero-order chi connectivity index (χ0) is 19.1. The van der Waals surface area contributed by atoms with Gasteiger partial charge in [0.2, 0.25) is 5.82 Å². The Bertz CT molecular complexity index is 1010. The van der Waals surface area contributed by atoms with E-state index in [1.165, 1.54) is 21.7 Å². The van der Waals surface area contributed by atoms with Crippen molar-refractivity contribution in [1.29, 1.82) is 0 Å². The average Bonchev–Trinajstić information content (AvgIpc) is 3.17. The number of nitro groups is 1. The van der Waals surface area contributed by atoms with Crippen LogP contribution in [0, 0.1) is 22.9 Å². The molecule has 1 aliphatic rings. The number of hydrogen-bond donors (Lipinski definition) is 1. The highest BCUT2D eigenvalue weighted by molar-refractivity contribution is 7.15. The van der Waals surface area contributed by atoms with E-state index in [2.05, 4.69) is 10.4 Å². The van der Waals surface area contributed by atoms with Gasteiger partial charge >= 0.3 is 5.69 Å². The molecular formula is C18H18FN5O2S. The molecule has 1 aliphatic carbocycles. The Morgan fingerprint density at radius 2 is 2.11 bits per heavy atom. The molecule has 7 nitrogen and oxygen atoms in total. The normalized spacial score (nSPS) is 16.2. The van der Waals surface area contributed by atoms with Crippen molar-refractivity contribution >= 4 is 22.8 Å². The van der Waals surface area contributed by atoms with Gasteiger partial charge in [0.05, 0.1) is 16.7 Å². The molecule has 2 aromatic heterocycles. The van der Waals surface area contributed by atoms with Crippen LogP contribution in [0.4, 0.5) is 15.9 Å². The molecule has 0 saturated carbocycles. The monoisotopic (exact) mass is 387 g/mol. The predicted octanol–water partition coefficient (Wildman–Crippen LogP) is 4.39. The van der Waals surface area contributed by atoms with Crippen LogP contribution in [-0.4, -0.2) is 19.7 Å². The van der Waals surface area contributed by atoms with Crippen LogP contribution in [0.25, 0.3) is 10.6 Å².